The summed E-state index contributed by atoms with van der Waals surface area (Å²) in [6, 6.07) is 14.8. The van der Waals surface area contributed by atoms with Crippen LogP contribution in [0.4, 0.5) is 4.39 Å². The minimum Gasteiger partial charge on any atom is -0.394 e. The van der Waals surface area contributed by atoms with Gasteiger partial charge in [-0.3, -0.25) is 9.59 Å². The van der Waals surface area contributed by atoms with E-state index in [1.165, 1.54) is 24.3 Å². The van der Waals surface area contributed by atoms with Crippen molar-refractivity contribution >= 4 is 11.8 Å². The van der Waals surface area contributed by atoms with E-state index >= 15 is 0 Å². The van der Waals surface area contributed by atoms with Gasteiger partial charge in [0, 0.05) is 31.0 Å². The third-order valence-corrected chi connectivity index (χ3v) is 5.67. The average molecular weight is 398 g/mol. The Labute approximate surface area is 170 Å². The number of benzene rings is 2. The number of hydrogen-bond acceptors (Lipinski definition) is 3. The van der Waals surface area contributed by atoms with E-state index in [0.717, 1.165) is 5.56 Å². The molecule has 1 heterocycles. The standard InChI is InChI=1S/C23H27FN2O3/c1-3-21(28)26-19(22(20(26)15-27)16-8-6-5-7-9-16)14-25(4-2)23(29)17-10-12-18(24)13-11-17/h5-13,19-20,22,27H,3-4,14-15H2,1-2H3/t19-,20+,22+/m1/s1. The predicted octanol–water partition coefficient (Wildman–Crippen LogP) is 3.05. The number of likely N-dealkylation sites (tertiary alicyclic amines) is 1. The molecule has 29 heavy (non-hydrogen) atoms. The van der Waals surface area contributed by atoms with Crippen molar-refractivity contribution in [2.45, 2.75) is 38.3 Å². The van der Waals surface area contributed by atoms with Crippen LogP contribution in [-0.4, -0.2) is 58.5 Å². The third kappa shape index (κ3) is 4.17. The SMILES string of the molecule is CCC(=O)N1[C@H](CN(CC)C(=O)c2ccc(F)cc2)[C@H](c2ccccc2)[C@@H]1CO. The molecule has 1 fully saturated rings. The molecule has 3 atom stereocenters. The molecule has 2 aromatic rings. The molecular formula is C23H27FN2O3. The predicted molar refractivity (Wildman–Crippen MR) is 109 cm³/mol. The molecular weight excluding hydrogens is 371 g/mol. The lowest BCUT2D eigenvalue weighted by atomic mass is 9.74. The quantitative estimate of drug-likeness (QED) is 0.780. The molecule has 5 nitrogen and oxygen atoms in total. The monoisotopic (exact) mass is 398 g/mol. The van der Waals surface area contributed by atoms with Crippen LogP contribution in [0.15, 0.2) is 54.6 Å². The summed E-state index contributed by atoms with van der Waals surface area (Å²) in [7, 11) is 0. The number of nitrogens with zero attached hydrogens (tertiary/aromatic N) is 2. The van der Waals surface area contributed by atoms with E-state index in [1.54, 1.807) is 16.7 Å². The first kappa shape index (κ1) is 21.0. The van der Waals surface area contributed by atoms with Crippen molar-refractivity contribution in [3.05, 3.63) is 71.5 Å². The summed E-state index contributed by atoms with van der Waals surface area (Å²) < 4.78 is 13.2. The number of halogens is 1. The highest BCUT2D eigenvalue weighted by molar-refractivity contribution is 5.94. The largest absolute Gasteiger partial charge is 0.394 e. The van der Waals surface area contributed by atoms with Crippen LogP contribution in [0.25, 0.3) is 0 Å². The second-order valence-electron chi connectivity index (χ2n) is 7.26. The van der Waals surface area contributed by atoms with Crippen LogP contribution in [0.1, 0.15) is 42.1 Å². The topological polar surface area (TPSA) is 60.9 Å². The molecule has 0 unspecified atom stereocenters. The first-order chi connectivity index (χ1) is 14.0. The van der Waals surface area contributed by atoms with Gasteiger partial charge in [-0.2, -0.15) is 0 Å². The molecule has 0 aliphatic carbocycles. The highest BCUT2D eigenvalue weighted by atomic mass is 19.1. The summed E-state index contributed by atoms with van der Waals surface area (Å²) in [6.07, 6.45) is 0.340. The number of amides is 2. The van der Waals surface area contributed by atoms with Crippen molar-refractivity contribution in [3.63, 3.8) is 0 Å². The summed E-state index contributed by atoms with van der Waals surface area (Å²) in [5.74, 6) is -0.674. The number of hydrogen-bond donors (Lipinski definition) is 1. The molecule has 0 aromatic heterocycles. The third-order valence-electron chi connectivity index (χ3n) is 5.67. The maximum atomic E-state index is 13.2. The Morgan fingerprint density at radius 1 is 1.03 bits per heavy atom. The van der Waals surface area contributed by atoms with E-state index in [2.05, 4.69) is 0 Å². The van der Waals surface area contributed by atoms with Gasteiger partial charge in [0.15, 0.2) is 0 Å². The number of likely N-dealkylation sites (N-methyl/N-ethyl adjacent to an activating group) is 1. The smallest absolute Gasteiger partial charge is 0.253 e. The summed E-state index contributed by atoms with van der Waals surface area (Å²) in [5, 5.41) is 9.94. The molecule has 1 aliphatic heterocycles. The van der Waals surface area contributed by atoms with Gasteiger partial charge >= 0.3 is 0 Å². The van der Waals surface area contributed by atoms with Crippen molar-refractivity contribution in [2.24, 2.45) is 0 Å². The number of carbonyl (C=O) groups is 2. The lowest BCUT2D eigenvalue weighted by Gasteiger charge is -2.56. The zero-order valence-corrected chi connectivity index (χ0v) is 16.8. The highest BCUT2D eigenvalue weighted by Crippen LogP contribution is 2.41. The van der Waals surface area contributed by atoms with Crippen molar-refractivity contribution < 1.29 is 19.1 Å². The van der Waals surface area contributed by atoms with Gasteiger partial charge in [-0.25, -0.2) is 4.39 Å². The molecule has 0 radical (unpaired) electrons. The molecule has 1 N–H and O–H groups in total. The van der Waals surface area contributed by atoms with Gasteiger partial charge in [0.2, 0.25) is 5.91 Å². The van der Waals surface area contributed by atoms with Crippen molar-refractivity contribution in [1.82, 2.24) is 9.80 Å². The van der Waals surface area contributed by atoms with E-state index in [1.807, 2.05) is 37.3 Å². The zero-order valence-electron chi connectivity index (χ0n) is 16.8. The zero-order chi connectivity index (χ0) is 21.0. The van der Waals surface area contributed by atoms with E-state index in [-0.39, 0.29) is 36.4 Å². The molecule has 6 heteroatoms. The fourth-order valence-electron chi connectivity index (χ4n) is 4.18. The Bertz CT molecular complexity index is 841. The van der Waals surface area contributed by atoms with Gasteiger partial charge in [-0.05, 0) is 36.8 Å². The second kappa shape index (κ2) is 9.18. The van der Waals surface area contributed by atoms with E-state index in [9.17, 15) is 19.1 Å². The number of rotatable bonds is 7. The van der Waals surface area contributed by atoms with Crippen molar-refractivity contribution in [3.8, 4) is 0 Å². The number of carbonyl (C=O) groups excluding carboxylic acids is 2. The first-order valence-corrected chi connectivity index (χ1v) is 10.0. The lowest BCUT2D eigenvalue weighted by Crippen LogP contribution is -2.68. The van der Waals surface area contributed by atoms with E-state index in [4.69, 9.17) is 0 Å². The average Bonchev–Trinajstić information content (AvgIpc) is 2.74. The Balaban J connectivity index is 1.87. The maximum Gasteiger partial charge on any atom is 0.253 e. The Hall–Kier alpha value is -2.73. The molecule has 0 saturated carbocycles. The van der Waals surface area contributed by atoms with Crippen LogP contribution in [0, 0.1) is 5.82 Å². The fraction of sp³-hybridized carbons (Fsp3) is 0.391. The van der Waals surface area contributed by atoms with Gasteiger partial charge in [-0.15, -0.1) is 0 Å². The maximum absolute atomic E-state index is 13.2. The fourth-order valence-corrected chi connectivity index (χ4v) is 4.18. The van der Waals surface area contributed by atoms with Gasteiger partial charge in [-0.1, -0.05) is 37.3 Å². The molecule has 154 valence electrons. The normalized spacial score (nSPS) is 20.8. The van der Waals surface area contributed by atoms with Gasteiger partial charge in [0.05, 0.1) is 18.7 Å². The van der Waals surface area contributed by atoms with Crippen LogP contribution < -0.4 is 0 Å². The Kier molecular flexibility index (Phi) is 6.64. The molecule has 2 amide bonds. The summed E-state index contributed by atoms with van der Waals surface area (Å²) >= 11 is 0. The molecule has 3 rings (SSSR count). The summed E-state index contributed by atoms with van der Waals surface area (Å²) in [6.45, 7) is 4.37. The molecule has 0 bridgehead atoms. The van der Waals surface area contributed by atoms with Crippen LogP contribution in [-0.2, 0) is 4.79 Å². The molecule has 1 saturated heterocycles. The first-order valence-electron chi connectivity index (χ1n) is 10.0. The minimum atomic E-state index is -0.391. The van der Waals surface area contributed by atoms with Crippen LogP contribution in [0.3, 0.4) is 0 Å². The van der Waals surface area contributed by atoms with Crippen LogP contribution in [0.2, 0.25) is 0 Å². The van der Waals surface area contributed by atoms with Crippen LogP contribution >= 0.6 is 0 Å². The highest BCUT2D eigenvalue weighted by Gasteiger charge is 2.51. The Morgan fingerprint density at radius 2 is 1.69 bits per heavy atom. The molecule has 0 spiro atoms. The lowest BCUT2D eigenvalue weighted by molar-refractivity contribution is -0.151. The van der Waals surface area contributed by atoms with Gasteiger partial charge in [0.1, 0.15) is 5.82 Å². The Morgan fingerprint density at radius 3 is 2.24 bits per heavy atom. The number of aliphatic hydroxyl groups excluding tert-OH is 1. The summed E-state index contributed by atoms with van der Waals surface area (Å²) in [5.41, 5.74) is 1.46. The van der Waals surface area contributed by atoms with Crippen molar-refractivity contribution in [2.75, 3.05) is 19.7 Å². The van der Waals surface area contributed by atoms with Crippen molar-refractivity contribution in [1.29, 1.82) is 0 Å². The van der Waals surface area contributed by atoms with Gasteiger partial charge < -0.3 is 14.9 Å². The molecule has 2 aromatic carbocycles. The van der Waals surface area contributed by atoms with Gasteiger partial charge in [0.25, 0.3) is 5.91 Å². The second-order valence-corrected chi connectivity index (χ2v) is 7.26. The van der Waals surface area contributed by atoms with E-state index in [0.29, 0.717) is 25.1 Å². The summed E-state index contributed by atoms with van der Waals surface area (Å²) in [4.78, 5) is 28.9. The number of aliphatic hydroxyl groups is 1. The van der Waals surface area contributed by atoms with Crippen LogP contribution in [0.5, 0.6) is 0 Å². The molecule has 1 aliphatic rings. The van der Waals surface area contributed by atoms with E-state index < -0.39 is 5.82 Å². The minimum absolute atomic E-state index is 0.0356.